The first-order chi connectivity index (χ1) is 7.31. The Hall–Kier alpha value is -1.12. The highest BCUT2D eigenvalue weighted by Crippen LogP contribution is 2.28. The van der Waals surface area contributed by atoms with E-state index < -0.39 is 0 Å². The second-order valence-corrected chi connectivity index (χ2v) is 4.19. The molecular weight excluding hydrogens is 184 g/mol. The van der Waals surface area contributed by atoms with Gasteiger partial charge in [-0.05, 0) is 18.2 Å². The lowest BCUT2D eigenvalue weighted by atomic mass is 9.88. The number of rotatable bonds is 3. The quantitative estimate of drug-likeness (QED) is 0.808. The van der Waals surface area contributed by atoms with Gasteiger partial charge < -0.3 is 10.6 Å². The fourth-order valence-corrected chi connectivity index (χ4v) is 2.13. The topological polar surface area (TPSA) is 29.3 Å². The Morgan fingerprint density at radius 2 is 2.13 bits per heavy atom. The van der Waals surface area contributed by atoms with Gasteiger partial charge in [0.25, 0.3) is 0 Å². The van der Waals surface area contributed by atoms with Gasteiger partial charge in [0, 0.05) is 25.6 Å². The summed E-state index contributed by atoms with van der Waals surface area (Å²) in [4.78, 5) is 2.34. The molecule has 1 aliphatic rings. The molecule has 1 aliphatic heterocycles. The van der Waals surface area contributed by atoms with E-state index in [1.807, 2.05) is 6.08 Å². The molecule has 1 aromatic rings. The Kier molecular flexibility index (Phi) is 3.19. The summed E-state index contributed by atoms with van der Waals surface area (Å²) in [6, 6.07) is 8.60. The van der Waals surface area contributed by atoms with E-state index >= 15 is 0 Å². The molecule has 0 saturated carbocycles. The third-order valence-electron chi connectivity index (χ3n) is 2.93. The van der Waals surface area contributed by atoms with Crippen molar-refractivity contribution in [3.8, 4) is 0 Å². The normalized spacial score (nSPS) is 18.3. The zero-order valence-corrected chi connectivity index (χ0v) is 9.19. The number of nitrogens with two attached hydrogens (primary N) is 1. The monoisotopic (exact) mass is 202 g/mol. The summed E-state index contributed by atoms with van der Waals surface area (Å²) < 4.78 is 0. The zero-order chi connectivity index (χ0) is 10.7. The molecule has 0 atom stereocenters. The van der Waals surface area contributed by atoms with Crippen molar-refractivity contribution in [1.82, 2.24) is 4.90 Å². The number of hydrogen-bond donors (Lipinski definition) is 1. The van der Waals surface area contributed by atoms with Crippen molar-refractivity contribution in [3.63, 3.8) is 0 Å². The van der Waals surface area contributed by atoms with Crippen molar-refractivity contribution in [2.75, 3.05) is 26.7 Å². The van der Waals surface area contributed by atoms with E-state index in [-0.39, 0.29) is 0 Å². The van der Waals surface area contributed by atoms with Crippen LogP contribution < -0.4 is 5.73 Å². The molecule has 2 heteroatoms. The minimum absolute atomic E-state index is 0.610. The van der Waals surface area contributed by atoms with Crippen LogP contribution in [0.3, 0.4) is 0 Å². The fourth-order valence-electron chi connectivity index (χ4n) is 2.13. The number of hydrogen-bond acceptors (Lipinski definition) is 2. The molecule has 0 unspecified atom stereocenters. The predicted molar refractivity (Wildman–Crippen MR) is 64.8 cm³/mol. The standard InChI is InChI=1S/C13H18N2/c1-15-9-12(10-15)13-7-3-2-5-11(13)6-4-8-14/h2-7,12H,8-10,14H2,1H3/b6-4+. The maximum atomic E-state index is 5.48. The van der Waals surface area contributed by atoms with Gasteiger partial charge in [0.1, 0.15) is 0 Å². The fraction of sp³-hybridized carbons (Fsp3) is 0.385. The van der Waals surface area contributed by atoms with Crippen LogP contribution in [0.25, 0.3) is 6.08 Å². The summed E-state index contributed by atoms with van der Waals surface area (Å²) in [5, 5.41) is 0. The van der Waals surface area contributed by atoms with Gasteiger partial charge in [-0.25, -0.2) is 0 Å². The van der Waals surface area contributed by atoms with Gasteiger partial charge in [-0.1, -0.05) is 36.4 Å². The minimum atomic E-state index is 0.610. The summed E-state index contributed by atoms with van der Waals surface area (Å²) in [6.07, 6.45) is 4.15. The van der Waals surface area contributed by atoms with Crippen LogP contribution >= 0.6 is 0 Å². The average Bonchev–Trinajstić information content (AvgIpc) is 2.23. The molecule has 80 valence electrons. The number of likely N-dealkylation sites (N-methyl/N-ethyl adjacent to an activating group) is 1. The van der Waals surface area contributed by atoms with Gasteiger partial charge in [-0.3, -0.25) is 0 Å². The van der Waals surface area contributed by atoms with E-state index in [9.17, 15) is 0 Å². The van der Waals surface area contributed by atoms with Gasteiger partial charge in [-0.15, -0.1) is 0 Å². The van der Waals surface area contributed by atoms with Crippen molar-refractivity contribution in [2.45, 2.75) is 5.92 Å². The highest BCUT2D eigenvalue weighted by molar-refractivity contribution is 5.55. The van der Waals surface area contributed by atoms with Crippen LogP contribution in [0.2, 0.25) is 0 Å². The minimum Gasteiger partial charge on any atom is -0.327 e. The molecule has 1 heterocycles. The van der Waals surface area contributed by atoms with E-state index in [1.54, 1.807) is 0 Å². The molecule has 0 amide bonds. The SMILES string of the molecule is CN1CC(c2ccccc2/C=C/CN)C1. The molecular formula is C13H18N2. The van der Waals surface area contributed by atoms with Crippen LogP contribution in [0.15, 0.2) is 30.3 Å². The Morgan fingerprint density at radius 1 is 1.40 bits per heavy atom. The molecule has 1 aromatic carbocycles. The molecule has 2 rings (SSSR count). The summed E-state index contributed by atoms with van der Waals surface area (Å²) in [5.74, 6) is 0.702. The Labute approximate surface area is 91.4 Å². The van der Waals surface area contributed by atoms with Gasteiger partial charge in [0.15, 0.2) is 0 Å². The largest absolute Gasteiger partial charge is 0.327 e. The average molecular weight is 202 g/mol. The smallest absolute Gasteiger partial charge is 0.0110 e. The first-order valence-corrected chi connectivity index (χ1v) is 5.45. The van der Waals surface area contributed by atoms with Gasteiger partial charge >= 0.3 is 0 Å². The second-order valence-electron chi connectivity index (χ2n) is 4.19. The molecule has 1 fully saturated rings. The Bertz CT molecular complexity index is 351. The number of benzene rings is 1. The van der Waals surface area contributed by atoms with Crippen LogP contribution in [0, 0.1) is 0 Å². The molecule has 0 radical (unpaired) electrons. The molecule has 0 aromatic heterocycles. The molecule has 2 N–H and O–H groups in total. The van der Waals surface area contributed by atoms with Crippen molar-refractivity contribution in [1.29, 1.82) is 0 Å². The summed E-state index contributed by atoms with van der Waals surface area (Å²) in [5.41, 5.74) is 8.26. The van der Waals surface area contributed by atoms with Crippen molar-refractivity contribution >= 4 is 6.08 Å². The van der Waals surface area contributed by atoms with E-state index in [0.717, 1.165) is 0 Å². The lowest BCUT2D eigenvalue weighted by molar-refractivity contribution is 0.189. The zero-order valence-electron chi connectivity index (χ0n) is 9.19. The highest BCUT2D eigenvalue weighted by Gasteiger charge is 2.25. The maximum absolute atomic E-state index is 5.48. The molecule has 15 heavy (non-hydrogen) atoms. The third-order valence-corrected chi connectivity index (χ3v) is 2.93. The van der Waals surface area contributed by atoms with Crippen LogP contribution in [0.1, 0.15) is 17.0 Å². The molecule has 0 aliphatic carbocycles. The molecule has 2 nitrogen and oxygen atoms in total. The molecule has 0 spiro atoms. The lowest BCUT2D eigenvalue weighted by Crippen LogP contribution is -2.41. The third kappa shape index (κ3) is 2.28. The summed E-state index contributed by atoms with van der Waals surface area (Å²) in [7, 11) is 2.16. The first kappa shape index (κ1) is 10.4. The second kappa shape index (κ2) is 4.60. The number of likely N-dealkylation sites (tertiary alicyclic amines) is 1. The van der Waals surface area contributed by atoms with E-state index in [4.69, 9.17) is 5.73 Å². The Morgan fingerprint density at radius 3 is 2.80 bits per heavy atom. The Balaban J connectivity index is 2.18. The van der Waals surface area contributed by atoms with Gasteiger partial charge in [-0.2, -0.15) is 0 Å². The number of nitrogens with zero attached hydrogens (tertiary/aromatic N) is 1. The van der Waals surface area contributed by atoms with Crippen LogP contribution in [-0.2, 0) is 0 Å². The van der Waals surface area contributed by atoms with Crippen molar-refractivity contribution < 1.29 is 0 Å². The van der Waals surface area contributed by atoms with Gasteiger partial charge in [0.05, 0.1) is 0 Å². The van der Waals surface area contributed by atoms with Crippen LogP contribution in [0.5, 0.6) is 0 Å². The van der Waals surface area contributed by atoms with E-state index in [0.29, 0.717) is 12.5 Å². The molecule has 0 bridgehead atoms. The lowest BCUT2D eigenvalue weighted by Gasteiger charge is -2.37. The summed E-state index contributed by atoms with van der Waals surface area (Å²) >= 11 is 0. The highest BCUT2D eigenvalue weighted by atomic mass is 15.2. The molecule has 1 saturated heterocycles. The summed E-state index contributed by atoms with van der Waals surface area (Å²) in [6.45, 7) is 2.96. The van der Waals surface area contributed by atoms with E-state index in [2.05, 4.69) is 42.3 Å². The predicted octanol–water partition coefficient (Wildman–Crippen LogP) is 1.69. The van der Waals surface area contributed by atoms with E-state index in [1.165, 1.54) is 24.2 Å². The first-order valence-electron chi connectivity index (χ1n) is 5.45. The van der Waals surface area contributed by atoms with Gasteiger partial charge in [0.2, 0.25) is 0 Å². The van der Waals surface area contributed by atoms with Crippen LogP contribution in [-0.4, -0.2) is 31.6 Å². The van der Waals surface area contributed by atoms with Crippen molar-refractivity contribution in [3.05, 3.63) is 41.5 Å². The van der Waals surface area contributed by atoms with Crippen molar-refractivity contribution in [2.24, 2.45) is 5.73 Å². The maximum Gasteiger partial charge on any atom is 0.0110 e. The van der Waals surface area contributed by atoms with Crippen LogP contribution in [0.4, 0.5) is 0 Å².